The van der Waals surface area contributed by atoms with E-state index in [0.717, 1.165) is 30.8 Å². The number of aliphatic hydroxyl groups excluding tert-OH is 1. The number of carbonyl (C=O) groups is 3. The molecule has 0 aromatic heterocycles. The van der Waals surface area contributed by atoms with Crippen LogP contribution in [0.1, 0.15) is 36.7 Å². The molecular weight excluding hydrogens is 408 g/mol. The van der Waals surface area contributed by atoms with E-state index in [2.05, 4.69) is 16.0 Å². The van der Waals surface area contributed by atoms with Gasteiger partial charge in [-0.3, -0.25) is 14.4 Å². The van der Waals surface area contributed by atoms with Gasteiger partial charge in [-0.25, -0.2) is 0 Å². The lowest BCUT2D eigenvalue weighted by Gasteiger charge is -2.21. The van der Waals surface area contributed by atoms with Gasteiger partial charge in [0, 0.05) is 30.0 Å². The Labute approximate surface area is 189 Å². The summed E-state index contributed by atoms with van der Waals surface area (Å²) >= 11 is 0. The van der Waals surface area contributed by atoms with Crippen molar-refractivity contribution in [3.63, 3.8) is 0 Å². The predicted molar refractivity (Wildman–Crippen MR) is 126 cm³/mol. The van der Waals surface area contributed by atoms with Gasteiger partial charge in [0.25, 0.3) is 5.91 Å². The number of aliphatic hydroxyl groups is 1. The van der Waals surface area contributed by atoms with E-state index in [-0.39, 0.29) is 12.5 Å². The van der Waals surface area contributed by atoms with Crippen molar-refractivity contribution >= 4 is 29.1 Å². The van der Waals surface area contributed by atoms with Gasteiger partial charge >= 0.3 is 11.8 Å². The van der Waals surface area contributed by atoms with Gasteiger partial charge in [0.05, 0.1) is 6.10 Å². The zero-order valence-corrected chi connectivity index (χ0v) is 18.9. The van der Waals surface area contributed by atoms with Crippen molar-refractivity contribution in [2.24, 2.45) is 0 Å². The van der Waals surface area contributed by atoms with Crippen molar-refractivity contribution in [2.45, 2.75) is 33.3 Å². The highest BCUT2D eigenvalue weighted by molar-refractivity contribution is 6.39. The summed E-state index contributed by atoms with van der Waals surface area (Å²) in [6.07, 6.45) is 0.0398. The van der Waals surface area contributed by atoms with Gasteiger partial charge in [0.1, 0.15) is 0 Å². The van der Waals surface area contributed by atoms with E-state index in [1.807, 2.05) is 49.9 Å². The first kappa shape index (κ1) is 25.0. The van der Waals surface area contributed by atoms with Crippen molar-refractivity contribution in [2.75, 3.05) is 36.8 Å². The van der Waals surface area contributed by atoms with Crippen LogP contribution in [0, 0.1) is 0 Å². The maximum atomic E-state index is 12.5. The molecule has 2 rings (SSSR count). The Hall–Kier alpha value is -3.23. The molecule has 1 unspecified atom stereocenters. The molecule has 8 nitrogen and oxygen atoms in total. The zero-order valence-electron chi connectivity index (χ0n) is 18.9. The Morgan fingerprint density at radius 2 is 1.56 bits per heavy atom. The second-order valence-electron chi connectivity index (χ2n) is 7.35. The Balaban J connectivity index is 1.86. The van der Waals surface area contributed by atoms with Crippen LogP contribution in [0.2, 0.25) is 0 Å². The average molecular weight is 441 g/mol. The molecule has 32 heavy (non-hydrogen) atoms. The highest BCUT2D eigenvalue weighted by Gasteiger charge is 2.17. The molecule has 172 valence electrons. The Morgan fingerprint density at radius 3 is 2.19 bits per heavy atom. The number of rotatable bonds is 10. The van der Waals surface area contributed by atoms with E-state index in [1.165, 1.54) is 0 Å². The molecule has 2 aromatic rings. The summed E-state index contributed by atoms with van der Waals surface area (Å²) in [4.78, 5) is 38.6. The summed E-state index contributed by atoms with van der Waals surface area (Å²) in [5, 5.41) is 17.8. The Bertz CT molecular complexity index is 910. The number of aryl methyl sites for hydroxylation is 1. The van der Waals surface area contributed by atoms with Gasteiger partial charge < -0.3 is 26.0 Å². The fraction of sp³-hybridized carbons (Fsp3) is 0.375. The number of amides is 3. The van der Waals surface area contributed by atoms with Crippen molar-refractivity contribution in [1.82, 2.24) is 10.2 Å². The molecule has 0 saturated heterocycles. The van der Waals surface area contributed by atoms with E-state index in [1.54, 1.807) is 24.3 Å². The standard InChI is InChI=1S/C24H32N4O4/c1-4-17-9-7-8-10-21(17)27-22(30)18-11-13-19(14-12-18)26-24(32)23(31)25-15-20(29)16-28(5-2)6-3/h7-14,20,29H,4-6,15-16H2,1-3H3,(H,25,31)(H,26,32)(H,27,30). The largest absolute Gasteiger partial charge is 0.390 e. The molecule has 1 atom stereocenters. The minimum atomic E-state index is -0.839. The zero-order chi connectivity index (χ0) is 23.5. The number of para-hydroxylation sites is 1. The van der Waals surface area contributed by atoms with Crippen molar-refractivity contribution in [3.05, 3.63) is 59.7 Å². The second kappa shape index (κ2) is 12.6. The van der Waals surface area contributed by atoms with E-state index >= 15 is 0 Å². The van der Waals surface area contributed by atoms with Crippen LogP contribution in [-0.2, 0) is 16.0 Å². The second-order valence-corrected chi connectivity index (χ2v) is 7.35. The number of anilines is 2. The minimum Gasteiger partial charge on any atom is -0.390 e. The fourth-order valence-electron chi connectivity index (χ4n) is 3.17. The van der Waals surface area contributed by atoms with E-state index < -0.39 is 17.9 Å². The summed E-state index contributed by atoms with van der Waals surface area (Å²) < 4.78 is 0. The summed E-state index contributed by atoms with van der Waals surface area (Å²) in [5.74, 6) is -1.93. The van der Waals surface area contributed by atoms with Crippen LogP contribution in [0.3, 0.4) is 0 Å². The number of carbonyl (C=O) groups excluding carboxylic acids is 3. The van der Waals surface area contributed by atoms with Crippen LogP contribution in [0.5, 0.6) is 0 Å². The molecule has 0 aliphatic rings. The molecular formula is C24H32N4O4. The van der Waals surface area contributed by atoms with Crippen LogP contribution in [0.15, 0.2) is 48.5 Å². The summed E-state index contributed by atoms with van der Waals surface area (Å²) in [7, 11) is 0. The SMILES string of the molecule is CCc1ccccc1NC(=O)c1ccc(NC(=O)C(=O)NCC(O)CN(CC)CC)cc1. The number of hydrogen-bond donors (Lipinski definition) is 4. The van der Waals surface area contributed by atoms with Gasteiger partial charge in [-0.2, -0.15) is 0 Å². The molecule has 4 N–H and O–H groups in total. The molecule has 0 radical (unpaired) electrons. The Kier molecular flexibility index (Phi) is 9.84. The molecule has 0 bridgehead atoms. The van der Waals surface area contributed by atoms with Crippen molar-refractivity contribution < 1.29 is 19.5 Å². The summed E-state index contributed by atoms with van der Waals surface area (Å²) in [6, 6.07) is 13.9. The molecule has 0 spiro atoms. The van der Waals surface area contributed by atoms with Gasteiger partial charge in [-0.05, 0) is 55.4 Å². The van der Waals surface area contributed by atoms with E-state index in [0.29, 0.717) is 17.8 Å². The maximum absolute atomic E-state index is 12.5. The van der Waals surface area contributed by atoms with Crippen LogP contribution < -0.4 is 16.0 Å². The molecule has 0 aliphatic carbocycles. The monoisotopic (exact) mass is 440 g/mol. The lowest BCUT2D eigenvalue weighted by molar-refractivity contribution is -0.136. The topological polar surface area (TPSA) is 111 Å². The number of benzene rings is 2. The summed E-state index contributed by atoms with van der Waals surface area (Å²) in [5.41, 5.74) is 2.62. The van der Waals surface area contributed by atoms with E-state index in [4.69, 9.17) is 0 Å². The molecule has 8 heteroatoms. The third kappa shape index (κ3) is 7.47. The first-order valence-electron chi connectivity index (χ1n) is 10.9. The fourth-order valence-corrected chi connectivity index (χ4v) is 3.17. The highest BCUT2D eigenvalue weighted by atomic mass is 16.3. The predicted octanol–water partition coefficient (Wildman–Crippen LogP) is 2.26. The molecule has 2 aromatic carbocycles. The number of nitrogens with zero attached hydrogens (tertiary/aromatic N) is 1. The quantitative estimate of drug-likeness (QED) is 0.424. The van der Waals surface area contributed by atoms with Crippen molar-refractivity contribution in [3.8, 4) is 0 Å². The van der Waals surface area contributed by atoms with Crippen LogP contribution in [-0.4, -0.2) is 60.0 Å². The van der Waals surface area contributed by atoms with Crippen molar-refractivity contribution in [1.29, 1.82) is 0 Å². The van der Waals surface area contributed by atoms with Gasteiger partial charge in [0.15, 0.2) is 0 Å². The third-order valence-electron chi connectivity index (χ3n) is 5.12. The minimum absolute atomic E-state index is 0.0128. The van der Waals surface area contributed by atoms with Gasteiger partial charge in [0.2, 0.25) is 0 Å². The normalized spacial score (nSPS) is 11.7. The lowest BCUT2D eigenvalue weighted by atomic mass is 10.1. The molecule has 0 heterocycles. The van der Waals surface area contributed by atoms with Gasteiger partial charge in [-0.1, -0.05) is 39.0 Å². The highest BCUT2D eigenvalue weighted by Crippen LogP contribution is 2.17. The average Bonchev–Trinajstić information content (AvgIpc) is 2.81. The first-order chi connectivity index (χ1) is 15.4. The van der Waals surface area contributed by atoms with Gasteiger partial charge in [-0.15, -0.1) is 0 Å². The maximum Gasteiger partial charge on any atom is 0.313 e. The molecule has 0 saturated carbocycles. The van der Waals surface area contributed by atoms with E-state index in [9.17, 15) is 19.5 Å². The number of hydrogen-bond acceptors (Lipinski definition) is 5. The smallest absolute Gasteiger partial charge is 0.313 e. The summed E-state index contributed by atoms with van der Waals surface area (Å²) in [6.45, 7) is 7.98. The molecule has 0 aliphatic heterocycles. The first-order valence-corrected chi connectivity index (χ1v) is 10.9. The molecule has 3 amide bonds. The number of nitrogens with one attached hydrogen (secondary N) is 3. The number of likely N-dealkylation sites (N-methyl/N-ethyl adjacent to an activating group) is 1. The Morgan fingerprint density at radius 1 is 0.906 bits per heavy atom. The molecule has 0 fully saturated rings. The van der Waals surface area contributed by atoms with Crippen LogP contribution >= 0.6 is 0 Å². The lowest BCUT2D eigenvalue weighted by Crippen LogP contribution is -2.43. The third-order valence-corrected chi connectivity index (χ3v) is 5.12. The van der Waals surface area contributed by atoms with Crippen LogP contribution in [0.25, 0.3) is 0 Å². The van der Waals surface area contributed by atoms with Crippen LogP contribution in [0.4, 0.5) is 11.4 Å².